The maximum atomic E-state index is 11.8. The molecule has 0 fully saturated rings. The lowest BCUT2D eigenvalue weighted by Crippen LogP contribution is -2.20. The number of anilines is 1. The van der Waals surface area contributed by atoms with Gasteiger partial charge in [-0.05, 0) is 24.3 Å². The number of hydrogen-bond donors (Lipinski definition) is 2. The van der Waals surface area contributed by atoms with Crippen molar-refractivity contribution in [2.75, 3.05) is 18.5 Å². The van der Waals surface area contributed by atoms with E-state index in [0.29, 0.717) is 5.69 Å². The van der Waals surface area contributed by atoms with Gasteiger partial charge in [0.05, 0.1) is 13.0 Å². The lowest BCUT2D eigenvalue weighted by Gasteiger charge is -2.08. The summed E-state index contributed by atoms with van der Waals surface area (Å²) in [4.78, 5) is 22.2. The third-order valence-electron chi connectivity index (χ3n) is 2.19. The highest BCUT2D eigenvalue weighted by atomic mass is 19.4. The number of nitrogens with two attached hydrogens (primary N) is 1. The Balaban J connectivity index is 2.33. The Bertz CT molecular complexity index is 472. The Morgan fingerprint density at radius 3 is 2.30 bits per heavy atom. The molecule has 0 aliphatic heterocycles. The summed E-state index contributed by atoms with van der Waals surface area (Å²) in [6.45, 7) is -1.71. The minimum atomic E-state index is -4.40. The van der Waals surface area contributed by atoms with E-state index in [9.17, 15) is 22.8 Å². The minimum absolute atomic E-state index is 0.201. The molecule has 0 saturated carbocycles. The van der Waals surface area contributed by atoms with E-state index >= 15 is 0 Å². The Labute approximate surface area is 112 Å². The van der Waals surface area contributed by atoms with E-state index in [2.05, 4.69) is 10.1 Å². The maximum absolute atomic E-state index is 11.8. The molecular weight excluding hydrogens is 277 g/mol. The van der Waals surface area contributed by atoms with E-state index in [-0.39, 0.29) is 18.6 Å². The number of halogens is 3. The fraction of sp³-hybridized carbons (Fsp3) is 0.333. The van der Waals surface area contributed by atoms with Crippen LogP contribution in [0, 0.1) is 0 Å². The van der Waals surface area contributed by atoms with Gasteiger partial charge in [0.1, 0.15) is 6.61 Å². The van der Waals surface area contributed by atoms with Crippen molar-refractivity contribution in [2.45, 2.75) is 12.6 Å². The molecule has 0 unspecified atom stereocenters. The zero-order chi connectivity index (χ0) is 15.2. The van der Waals surface area contributed by atoms with Crippen molar-refractivity contribution in [1.29, 1.82) is 0 Å². The Hall–Kier alpha value is -2.09. The average Bonchev–Trinajstić information content (AvgIpc) is 2.34. The SMILES string of the molecule is NC(=O)c1ccc(NC(=O)CCOCC(F)(F)F)cc1. The number of amides is 2. The first-order valence-corrected chi connectivity index (χ1v) is 5.62. The van der Waals surface area contributed by atoms with Gasteiger partial charge in [-0.1, -0.05) is 0 Å². The van der Waals surface area contributed by atoms with Gasteiger partial charge < -0.3 is 15.8 Å². The van der Waals surface area contributed by atoms with E-state index < -0.39 is 24.6 Å². The first-order chi connectivity index (χ1) is 9.28. The van der Waals surface area contributed by atoms with Crippen LogP contribution in [0.15, 0.2) is 24.3 Å². The molecule has 0 aromatic heterocycles. The summed E-state index contributed by atoms with van der Waals surface area (Å²) in [6.07, 6.45) is -4.60. The summed E-state index contributed by atoms with van der Waals surface area (Å²) in [6, 6.07) is 5.79. The van der Waals surface area contributed by atoms with Crippen LogP contribution in [0.1, 0.15) is 16.8 Å². The minimum Gasteiger partial charge on any atom is -0.372 e. The van der Waals surface area contributed by atoms with Gasteiger partial charge in [0.15, 0.2) is 0 Å². The van der Waals surface area contributed by atoms with Crippen LogP contribution in [0.25, 0.3) is 0 Å². The highest BCUT2D eigenvalue weighted by molar-refractivity contribution is 5.94. The van der Waals surface area contributed by atoms with Gasteiger partial charge >= 0.3 is 6.18 Å². The Morgan fingerprint density at radius 2 is 1.80 bits per heavy atom. The third-order valence-corrected chi connectivity index (χ3v) is 2.19. The second-order valence-electron chi connectivity index (χ2n) is 3.91. The van der Waals surface area contributed by atoms with Gasteiger partial charge in [-0.2, -0.15) is 13.2 Å². The molecule has 0 aliphatic carbocycles. The van der Waals surface area contributed by atoms with Crippen LogP contribution in [0.3, 0.4) is 0 Å². The number of primary amides is 1. The maximum Gasteiger partial charge on any atom is 0.411 e. The van der Waals surface area contributed by atoms with E-state index in [4.69, 9.17) is 5.73 Å². The van der Waals surface area contributed by atoms with Crippen LogP contribution in [0.4, 0.5) is 18.9 Å². The smallest absolute Gasteiger partial charge is 0.372 e. The van der Waals surface area contributed by atoms with Gasteiger partial charge in [0.25, 0.3) is 0 Å². The van der Waals surface area contributed by atoms with Gasteiger partial charge in [-0.3, -0.25) is 9.59 Å². The van der Waals surface area contributed by atoms with Crippen LogP contribution in [0.2, 0.25) is 0 Å². The highest BCUT2D eigenvalue weighted by Gasteiger charge is 2.27. The van der Waals surface area contributed by atoms with E-state index in [0.717, 1.165) is 0 Å². The van der Waals surface area contributed by atoms with Gasteiger partial charge in [0, 0.05) is 11.3 Å². The molecule has 20 heavy (non-hydrogen) atoms. The molecule has 1 aromatic rings. The number of nitrogens with one attached hydrogen (secondary N) is 1. The number of alkyl halides is 3. The second kappa shape index (κ2) is 6.90. The molecule has 0 spiro atoms. The lowest BCUT2D eigenvalue weighted by molar-refractivity contribution is -0.174. The van der Waals surface area contributed by atoms with Crippen LogP contribution in [0.5, 0.6) is 0 Å². The largest absolute Gasteiger partial charge is 0.411 e. The zero-order valence-electron chi connectivity index (χ0n) is 10.4. The normalized spacial score (nSPS) is 11.2. The Kier molecular flexibility index (Phi) is 5.51. The number of carbonyl (C=O) groups excluding carboxylic acids is 2. The molecule has 0 aliphatic rings. The molecule has 0 heterocycles. The zero-order valence-corrected chi connectivity index (χ0v) is 10.4. The van der Waals surface area contributed by atoms with Gasteiger partial charge in [-0.15, -0.1) is 0 Å². The standard InChI is InChI=1S/C12H13F3N2O3/c13-12(14,15)7-20-6-5-10(18)17-9-3-1-8(2-4-9)11(16)19/h1-4H,5-7H2,(H2,16,19)(H,17,18). The third kappa shape index (κ3) is 6.19. The van der Waals surface area contributed by atoms with Gasteiger partial charge in [-0.25, -0.2) is 0 Å². The van der Waals surface area contributed by atoms with Crippen LogP contribution in [-0.2, 0) is 9.53 Å². The van der Waals surface area contributed by atoms with E-state index in [1.54, 1.807) is 0 Å². The molecule has 0 bridgehead atoms. The molecule has 1 aromatic carbocycles. The van der Waals surface area contributed by atoms with Crippen molar-refractivity contribution < 1.29 is 27.5 Å². The summed E-state index contributed by atoms with van der Waals surface area (Å²) in [5, 5.41) is 2.45. The summed E-state index contributed by atoms with van der Waals surface area (Å²) in [7, 11) is 0. The molecule has 0 saturated heterocycles. The molecule has 5 nitrogen and oxygen atoms in total. The topological polar surface area (TPSA) is 81.4 Å². The number of hydrogen-bond acceptors (Lipinski definition) is 3. The van der Waals surface area contributed by atoms with Crippen molar-refractivity contribution in [2.24, 2.45) is 5.73 Å². The second-order valence-corrected chi connectivity index (χ2v) is 3.91. The van der Waals surface area contributed by atoms with Crippen molar-refractivity contribution in [1.82, 2.24) is 0 Å². The molecule has 2 amide bonds. The summed E-state index contributed by atoms with van der Waals surface area (Å²) in [5.74, 6) is -1.08. The van der Waals surface area contributed by atoms with Crippen LogP contribution in [-0.4, -0.2) is 31.2 Å². The fourth-order valence-electron chi connectivity index (χ4n) is 1.29. The van der Waals surface area contributed by atoms with Crippen molar-refractivity contribution in [3.63, 3.8) is 0 Å². The number of carbonyl (C=O) groups is 2. The predicted molar refractivity (Wildman–Crippen MR) is 65.1 cm³/mol. The first-order valence-electron chi connectivity index (χ1n) is 5.62. The molecule has 0 atom stereocenters. The van der Waals surface area contributed by atoms with Crippen molar-refractivity contribution in [3.8, 4) is 0 Å². The number of benzene rings is 1. The van der Waals surface area contributed by atoms with E-state index in [1.165, 1.54) is 24.3 Å². The molecule has 3 N–H and O–H groups in total. The highest BCUT2D eigenvalue weighted by Crippen LogP contribution is 2.14. The van der Waals surface area contributed by atoms with E-state index in [1.807, 2.05) is 0 Å². The summed E-state index contributed by atoms with van der Waals surface area (Å²) >= 11 is 0. The number of ether oxygens (including phenoxy) is 1. The molecule has 8 heteroatoms. The van der Waals surface area contributed by atoms with Crippen molar-refractivity contribution in [3.05, 3.63) is 29.8 Å². The van der Waals surface area contributed by atoms with Crippen LogP contribution < -0.4 is 11.1 Å². The summed E-state index contributed by atoms with van der Waals surface area (Å²) in [5.41, 5.74) is 5.75. The quantitative estimate of drug-likeness (QED) is 0.782. The molecule has 0 radical (unpaired) electrons. The van der Waals surface area contributed by atoms with Crippen LogP contribution >= 0.6 is 0 Å². The number of rotatable bonds is 6. The first kappa shape index (κ1) is 16.0. The molecular formula is C12H13F3N2O3. The monoisotopic (exact) mass is 290 g/mol. The molecule has 1 rings (SSSR count). The fourth-order valence-corrected chi connectivity index (χ4v) is 1.29. The Morgan fingerprint density at radius 1 is 1.20 bits per heavy atom. The molecule has 110 valence electrons. The average molecular weight is 290 g/mol. The summed E-state index contributed by atoms with van der Waals surface area (Å²) < 4.78 is 39.6. The van der Waals surface area contributed by atoms with Gasteiger partial charge in [0.2, 0.25) is 11.8 Å². The predicted octanol–water partition coefficient (Wildman–Crippen LogP) is 1.69. The van der Waals surface area contributed by atoms with Crippen molar-refractivity contribution >= 4 is 17.5 Å². The lowest BCUT2D eigenvalue weighted by atomic mass is 10.2.